The van der Waals surface area contributed by atoms with Crippen LogP contribution in [0.5, 0.6) is 0 Å². The minimum atomic E-state index is -0.699. The molecule has 0 radical (unpaired) electrons. The number of carbonyl (C=O) groups is 1. The summed E-state index contributed by atoms with van der Waals surface area (Å²) in [7, 11) is 1.57. The lowest BCUT2D eigenvalue weighted by molar-refractivity contribution is -0.118. The number of halogens is 1. The summed E-state index contributed by atoms with van der Waals surface area (Å²) in [4.78, 5) is 15.5. The van der Waals surface area contributed by atoms with Gasteiger partial charge in [-0.3, -0.25) is 4.79 Å². The first kappa shape index (κ1) is 18.7. The average Bonchev–Trinajstić information content (AvgIpc) is 3.04. The fourth-order valence-corrected chi connectivity index (χ4v) is 2.24. The van der Waals surface area contributed by atoms with Gasteiger partial charge in [0.05, 0.1) is 13.0 Å². The Balaban J connectivity index is 2.12. The van der Waals surface area contributed by atoms with Crippen molar-refractivity contribution in [3.8, 4) is 11.4 Å². The monoisotopic (exact) mass is 367 g/mol. The van der Waals surface area contributed by atoms with Crippen LogP contribution in [0.25, 0.3) is 11.4 Å². The largest absolute Gasteiger partial charge is 0.383 e. The normalized spacial score (nSPS) is 11.8. The van der Waals surface area contributed by atoms with Crippen LogP contribution in [0, 0.1) is 5.82 Å². The molecule has 0 spiro atoms. The van der Waals surface area contributed by atoms with Gasteiger partial charge >= 0.3 is 0 Å². The maximum Gasteiger partial charge on any atom is 0.250 e. The van der Waals surface area contributed by atoms with E-state index in [2.05, 4.69) is 20.8 Å². The number of carbonyl (C=O) groups excluding carboxylic acids is 1. The summed E-state index contributed by atoms with van der Waals surface area (Å²) in [5.41, 5.74) is 5.72. The van der Waals surface area contributed by atoms with E-state index in [-0.39, 0.29) is 23.2 Å². The summed E-state index contributed by atoms with van der Waals surface area (Å²) in [5.74, 6) is -0.667. The quantitative estimate of drug-likeness (QED) is 0.466. The number of thiocarbonyl (C=S) groups is 1. The van der Waals surface area contributed by atoms with Crippen LogP contribution < -0.4 is 16.4 Å². The molecule has 0 saturated carbocycles. The third-order valence-corrected chi connectivity index (χ3v) is 3.39. The number of nitrogens with zero attached hydrogens (tertiary/aromatic N) is 2. The van der Waals surface area contributed by atoms with Crippen molar-refractivity contribution in [2.24, 2.45) is 5.73 Å². The first-order valence-electron chi connectivity index (χ1n) is 7.40. The third-order valence-electron chi connectivity index (χ3n) is 3.13. The average molecular weight is 367 g/mol. The Kier molecular flexibility index (Phi) is 6.78. The van der Waals surface area contributed by atoms with Gasteiger partial charge in [-0.2, -0.15) is 4.98 Å². The highest BCUT2D eigenvalue weighted by Gasteiger charge is 2.22. The van der Waals surface area contributed by atoms with E-state index >= 15 is 0 Å². The van der Waals surface area contributed by atoms with E-state index in [4.69, 9.17) is 27.2 Å². The van der Waals surface area contributed by atoms with Crippen molar-refractivity contribution in [1.29, 1.82) is 0 Å². The van der Waals surface area contributed by atoms with Crippen LogP contribution in [0.2, 0.25) is 0 Å². The summed E-state index contributed by atoms with van der Waals surface area (Å²) < 4.78 is 23.4. The molecule has 0 bridgehead atoms. The predicted molar refractivity (Wildman–Crippen MR) is 91.9 cm³/mol. The van der Waals surface area contributed by atoms with E-state index < -0.39 is 17.8 Å². The van der Waals surface area contributed by atoms with Crippen molar-refractivity contribution in [3.63, 3.8) is 0 Å². The van der Waals surface area contributed by atoms with Crippen LogP contribution in [0.4, 0.5) is 4.39 Å². The smallest absolute Gasteiger partial charge is 0.250 e. The molecule has 10 heteroatoms. The molecule has 134 valence electrons. The first-order valence-corrected chi connectivity index (χ1v) is 7.81. The van der Waals surface area contributed by atoms with Gasteiger partial charge in [-0.05, 0) is 24.4 Å². The predicted octanol–water partition coefficient (Wildman–Crippen LogP) is 0.903. The van der Waals surface area contributed by atoms with Crippen LogP contribution in [-0.4, -0.2) is 41.4 Å². The zero-order valence-electron chi connectivity index (χ0n) is 13.5. The molecular weight excluding hydrogens is 349 g/mol. The molecule has 1 amide bonds. The molecule has 0 aliphatic carbocycles. The van der Waals surface area contributed by atoms with Crippen LogP contribution in [0.3, 0.4) is 0 Å². The minimum Gasteiger partial charge on any atom is -0.383 e. The Morgan fingerprint density at radius 2 is 2.32 bits per heavy atom. The number of hydrogen-bond donors (Lipinski definition) is 3. The van der Waals surface area contributed by atoms with E-state index in [1.54, 1.807) is 13.2 Å². The molecule has 1 aromatic heterocycles. The second-order valence-corrected chi connectivity index (χ2v) is 5.49. The van der Waals surface area contributed by atoms with E-state index in [0.717, 1.165) is 0 Å². The highest BCUT2D eigenvalue weighted by molar-refractivity contribution is 7.80. The number of nitrogens with one attached hydrogen (secondary N) is 2. The van der Waals surface area contributed by atoms with Crippen LogP contribution >= 0.6 is 12.2 Å². The summed E-state index contributed by atoms with van der Waals surface area (Å²) in [5, 5.41) is 9.90. The lowest BCUT2D eigenvalue weighted by Crippen LogP contribution is -2.40. The van der Waals surface area contributed by atoms with Crippen LogP contribution in [-0.2, 0) is 9.53 Å². The highest BCUT2D eigenvalue weighted by atomic mass is 32.1. The second kappa shape index (κ2) is 9.04. The van der Waals surface area contributed by atoms with Crippen LogP contribution in [0.1, 0.15) is 18.4 Å². The van der Waals surface area contributed by atoms with Crippen molar-refractivity contribution in [1.82, 2.24) is 20.8 Å². The van der Waals surface area contributed by atoms with Crippen molar-refractivity contribution in [2.45, 2.75) is 12.5 Å². The summed E-state index contributed by atoms with van der Waals surface area (Å²) in [6.45, 7) is 0.955. The van der Waals surface area contributed by atoms with Crippen molar-refractivity contribution in [2.75, 3.05) is 20.3 Å². The summed E-state index contributed by atoms with van der Waals surface area (Å²) in [6.07, 6.45) is -0.100. The number of ether oxygens (including phenoxy) is 1. The second-order valence-electron chi connectivity index (χ2n) is 5.08. The fraction of sp³-hybridized carbons (Fsp3) is 0.333. The number of rotatable bonds is 8. The Morgan fingerprint density at radius 1 is 1.52 bits per heavy atom. The van der Waals surface area contributed by atoms with Gasteiger partial charge in [-0.25, -0.2) is 4.39 Å². The van der Waals surface area contributed by atoms with Crippen LogP contribution in [0.15, 0.2) is 28.8 Å². The summed E-state index contributed by atoms with van der Waals surface area (Å²) in [6, 6.07) is 5.07. The maximum absolute atomic E-state index is 13.3. The Morgan fingerprint density at radius 3 is 3.00 bits per heavy atom. The van der Waals surface area contributed by atoms with Gasteiger partial charge in [0, 0.05) is 19.2 Å². The van der Waals surface area contributed by atoms with Gasteiger partial charge in [0.25, 0.3) is 0 Å². The third kappa shape index (κ3) is 5.76. The number of hydrogen-bond acceptors (Lipinski definition) is 6. The van der Waals surface area contributed by atoms with Gasteiger partial charge in [-0.1, -0.05) is 17.3 Å². The number of aromatic nitrogens is 2. The van der Waals surface area contributed by atoms with Gasteiger partial charge in [0.1, 0.15) is 11.9 Å². The molecule has 4 N–H and O–H groups in total. The fourth-order valence-electron chi connectivity index (χ4n) is 2.00. The van der Waals surface area contributed by atoms with E-state index in [1.807, 2.05) is 0 Å². The van der Waals surface area contributed by atoms with Crippen molar-refractivity contribution in [3.05, 3.63) is 36.0 Å². The number of benzene rings is 1. The number of methoxy groups -OCH3 is 1. The van der Waals surface area contributed by atoms with Crippen molar-refractivity contribution >= 4 is 23.2 Å². The van der Waals surface area contributed by atoms with E-state index in [9.17, 15) is 9.18 Å². The lowest BCUT2D eigenvalue weighted by Gasteiger charge is -2.16. The number of amides is 1. The molecule has 1 aromatic carbocycles. The maximum atomic E-state index is 13.3. The zero-order chi connectivity index (χ0) is 18.2. The minimum absolute atomic E-state index is 0.100. The summed E-state index contributed by atoms with van der Waals surface area (Å²) >= 11 is 5.14. The van der Waals surface area contributed by atoms with Crippen molar-refractivity contribution < 1.29 is 18.4 Å². The lowest BCUT2D eigenvalue weighted by atomic mass is 10.2. The molecule has 0 fully saturated rings. The topological polar surface area (TPSA) is 115 Å². The molecule has 0 saturated heterocycles. The molecule has 2 aromatic rings. The molecular formula is C15H18FN5O3S. The number of nitrogens with two attached hydrogens (primary N) is 1. The number of primary amides is 1. The van der Waals surface area contributed by atoms with Gasteiger partial charge in [0.2, 0.25) is 17.6 Å². The molecule has 25 heavy (non-hydrogen) atoms. The molecule has 0 aliphatic rings. The van der Waals surface area contributed by atoms with Gasteiger partial charge < -0.3 is 25.6 Å². The van der Waals surface area contributed by atoms with E-state index in [0.29, 0.717) is 18.7 Å². The molecule has 0 aliphatic heterocycles. The Hall–Kier alpha value is -2.59. The molecule has 8 nitrogen and oxygen atoms in total. The Bertz CT molecular complexity index is 739. The molecule has 1 heterocycles. The molecule has 0 unspecified atom stereocenters. The standard InChI is InChI=1S/C15H18FN5O3S/c1-23-6-5-18-15(25)19-11(8-12(17)22)14-20-13(21-24-14)9-3-2-4-10(16)7-9/h2-4,7,11H,5-6,8H2,1H3,(H2,17,22)(H2,18,19,25)/t11-/m0/s1. The van der Waals surface area contributed by atoms with Gasteiger partial charge in [0.15, 0.2) is 5.11 Å². The highest BCUT2D eigenvalue weighted by Crippen LogP contribution is 2.21. The zero-order valence-corrected chi connectivity index (χ0v) is 14.3. The Labute approximate surface area is 148 Å². The SMILES string of the molecule is COCCNC(=S)N[C@@H](CC(N)=O)c1nc(-c2cccc(F)c2)no1. The first-order chi connectivity index (χ1) is 12.0. The molecule has 2 rings (SSSR count). The molecule has 1 atom stereocenters. The van der Waals surface area contributed by atoms with E-state index in [1.165, 1.54) is 18.2 Å². The van der Waals surface area contributed by atoms with Gasteiger partial charge in [-0.15, -0.1) is 0 Å².